The van der Waals surface area contributed by atoms with Gasteiger partial charge in [-0.3, -0.25) is 0 Å². The lowest BCUT2D eigenvalue weighted by Crippen LogP contribution is -2.11. The average Bonchev–Trinajstić information content (AvgIpc) is 3.03. The minimum atomic E-state index is -0.248. The Morgan fingerprint density at radius 1 is 1.24 bits per heavy atom. The lowest BCUT2D eigenvalue weighted by atomic mass is 10.1. The van der Waals surface area contributed by atoms with Crippen LogP contribution in [0.3, 0.4) is 0 Å². The zero-order chi connectivity index (χ0) is 17.8. The molecule has 3 rings (SSSR count). The van der Waals surface area contributed by atoms with E-state index in [1.807, 2.05) is 0 Å². The number of aliphatic hydroxyl groups excluding tert-OH is 1. The Bertz CT molecular complexity index is 862. The van der Waals surface area contributed by atoms with E-state index < -0.39 is 0 Å². The van der Waals surface area contributed by atoms with Crippen LogP contribution < -0.4 is 10.6 Å². The predicted octanol–water partition coefficient (Wildman–Crippen LogP) is 3.01. The second-order valence-electron chi connectivity index (χ2n) is 6.11. The summed E-state index contributed by atoms with van der Waals surface area (Å²) in [5, 5.41) is 19.8. The summed E-state index contributed by atoms with van der Waals surface area (Å²) in [5.74, 6) is 1.38. The molecule has 3 aromatic rings. The Hall–Kier alpha value is -2.67. The van der Waals surface area contributed by atoms with Gasteiger partial charge in [-0.25, -0.2) is 9.37 Å². The summed E-state index contributed by atoms with van der Waals surface area (Å²) in [6.07, 6.45) is 1.80. The smallest absolute Gasteiger partial charge is 0.163 e. The minimum Gasteiger partial charge on any atom is -0.395 e. The Morgan fingerprint density at radius 2 is 2.04 bits per heavy atom. The summed E-state index contributed by atoms with van der Waals surface area (Å²) in [6, 6.07) is 8.47. The van der Waals surface area contributed by atoms with Gasteiger partial charge in [-0.2, -0.15) is 9.61 Å². The van der Waals surface area contributed by atoms with Crippen molar-refractivity contribution in [3.8, 4) is 0 Å². The van der Waals surface area contributed by atoms with E-state index in [9.17, 15) is 4.39 Å². The molecule has 0 amide bonds. The fraction of sp³-hybridized carbons (Fsp3) is 0.333. The van der Waals surface area contributed by atoms with Crippen LogP contribution in [0.25, 0.3) is 5.65 Å². The van der Waals surface area contributed by atoms with Crippen LogP contribution in [0, 0.1) is 5.82 Å². The molecule has 25 heavy (non-hydrogen) atoms. The van der Waals surface area contributed by atoms with Crippen LogP contribution in [-0.4, -0.2) is 32.9 Å². The molecule has 0 unspecified atom stereocenters. The lowest BCUT2D eigenvalue weighted by Gasteiger charge is -2.13. The number of rotatable bonds is 7. The maximum Gasteiger partial charge on any atom is 0.163 e. The largest absolute Gasteiger partial charge is 0.395 e. The molecule has 3 N–H and O–H groups in total. The van der Waals surface area contributed by atoms with Gasteiger partial charge in [0.05, 0.1) is 12.8 Å². The number of aliphatic hydroxyl groups is 1. The first-order valence-corrected chi connectivity index (χ1v) is 8.31. The van der Waals surface area contributed by atoms with E-state index in [1.54, 1.807) is 35.0 Å². The van der Waals surface area contributed by atoms with Crippen molar-refractivity contribution in [1.29, 1.82) is 0 Å². The molecule has 0 radical (unpaired) electrons. The summed E-state index contributed by atoms with van der Waals surface area (Å²) in [7, 11) is 0. The first-order valence-electron chi connectivity index (χ1n) is 8.31. The second kappa shape index (κ2) is 7.48. The van der Waals surface area contributed by atoms with Crippen molar-refractivity contribution in [2.24, 2.45) is 0 Å². The molecule has 2 aromatic heterocycles. The number of nitrogens with zero attached hydrogens (tertiary/aromatic N) is 3. The van der Waals surface area contributed by atoms with Crippen LogP contribution >= 0.6 is 0 Å². The zero-order valence-electron chi connectivity index (χ0n) is 14.3. The quantitative estimate of drug-likeness (QED) is 0.615. The summed E-state index contributed by atoms with van der Waals surface area (Å²) in [6.45, 7) is 4.92. The van der Waals surface area contributed by atoms with E-state index in [2.05, 4.69) is 34.6 Å². The molecular formula is C18H22FN5O. The van der Waals surface area contributed by atoms with Gasteiger partial charge >= 0.3 is 0 Å². The fourth-order valence-corrected chi connectivity index (χ4v) is 2.62. The highest BCUT2D eigenvalue weighted by atomic mass is 19.1. The van der Waals surface area contributed by atoms with Crippen LogP contribution in [0.15, 0.2) is 36.5 Å². The lowest BCUT2D eigenvalue weighted by molar-refractivity contribution is 0.311. The van der Waals surface area contributed by atoms with Crippen LogP contribution in [0.5, 0.6) is 0 Å². The third-order valence-corrected chi connectivity index (χ3v) is 3.96. The van der Waals surface area contributed by atoms with E-state index >= 15 is 0 Å². The monoisotopic (exact) mass is 343 g/mol. The van der Waals surface area contributed by atoms with Crippen LogP contribution in [0.1, 0.15) is 30.9 Å². The van der Waals surface area contributed by atoms with E-state index in [1.165, 1.54) is 6.07 Å². The summed E-state index contributed by atoms with van der Waals surface area (Å²) < 4.78 is 15.6. The van der Waals surface area contributed by atoms with E-state index in [4.69, 9.17) is 5.11 Å². The molecule has 0 aliphatic carbocycles. The number of nitrogens with one attached hydrogen (secondary N) is 2. The van der Waals surface area contributed by atoms with Gasteiger partial charge in [-0.15, -0.1) is 0 Å². The number of hydrogen-bond acceptors (Lipinski definition) is 5. The molecule has 0 bridgehead atoms. The summed E-state index contributed by atoms with van der Waals surface area (Å²) in [4.78, 5) is 4.59. The highest BCUT2D eigenvalue weighted by molar-refractivity contribution is 5.61. The average molecular weight is 343 g/mol. The molecule has 132 valence electrons. The van der Waals surface area contributed by atoms with Crippen molar-refractivity contribution in [3.63, 3.8) is 0 Å². The number of aromatic nitrogens is 3. The number of anilines is 2. The first kappa shape index (κ1) is 17.2. The standard InChI is InChI=1S/C18H22FN5O/c1-12(2)14-11-22-24-17(9-16(20-7-8-25)23-18(14)24)21-10-13-5-3-4-6-15(13)19/h3-6,9,11-12,21,25H,7-8,10H2,1-2H3,(H,20,23). The normalized spacial score (nSPS) is 11.2. The van der Waals surface area contributed by atoms with Gasteiger partial charge in [0, 0.05) is 30.3 Å². The molecule has 0 atom stereocenters. The van der Waals surface area contributed by atoms with E-state index in [0.29, 0.717) is 30.3 Å². The van der Waals surface area contributed by atoms with Crippen molar-refractivity contribution in [3.05, 3.63) is 53.5 Å². The van der Waals surface area contributed by atoms with Gasteiger partial charge in [0.25, 0.3) is 0 Å². The van der Waals surface area contributed by atoms with Crippen molar-refractivity contribution in [1.82, 2.24) is 14.6 Å². The van der Waals surface area contributed by atoms with Crippen molar-refractivity contribution >= 4 is 17.3 Å². The maximum atomic E-state index is 13.8. The van der Waals surface area contributed by atoms with Crippen molar-refractivity contribution < 1.29 is 9.50 Å². The molecular weight excluding hydrogens is 321 g/mol. The third kappa shape index (κ3) is 3.71. The number of benzene rings is 1. The molecule has 1 aromatic carbocycles. The Kier molecular flexibility index (Phi) is 5.14. The predicted molar refractivity (Wildman–Crippen MR) is 96.4 cm³/mol. The molecule has 7 heteroatoms. The third-order valence-electron chi connectivity index (χ3n) is 3.96. The van der Waals surface area contributed by atoms with Gasteiger partial charge < -0.3 is 15.7 Å². The van der Waals surface area contributed by atoms with Gasteiger partial charge in [0.2, 0.25) is 0 Å². The van der Waals surface area contributed by atoms with Gasteiger partial charge in [-0.1, -0.05) is 32.0 Å². The van der Waals surface area contributed by atoms with Gasteiger partial charge in [0.15, 0.2) is 5.65 Å². The number of halogens is 1. The summed E-state index contributed by atoms with van der Waals surface area (Å²) >= 11 is 0. The van der Waals surface area contributed by atoms with Gasteiger partial charge in [-0.05, 0) is 12.0 Å². The zero-order valence-corrected chi connectivity index (χ0v) is 14.3. The van der Waals surface area contributed by atoms with E-state index in [-0.39, 0.29) is 18.3 Å². The van der Waals surface area contributed by atoms with E-state index in [0.717, 1.165) is 11.2 Å². The first-order chi connectivity index (χ1) is 12.1. The van der Waals surface area contributed by atoms with Crippen LogP contribution in [-0.2, 0) is 6.54 Å². The molecule has 0 aliphatic rings. The Morgan fingerprint density at radius 3 is 2.76 bits per heavy atom. The Balaban J connectivity index is 1.96. The molecule has 6 nitrogen and oxygen atoms in total. The maximum absolute atomic E-state index is 13.8. The Labute approximate surface area is 145 Å². The highest BCUT2D eigenvalue weighted by Gasteiger charge is 2.14. The molecule has 0 saturated carbocycles. The molecule has 0 spiro atoms. The minimum absolute atomic E-state index is 0.0150. The van der Waals surface area contributed by atoms with Crippen molar-refractivity contribution in [2.45, 2.75) is 26.3 Å². The van der Waals surface area contributed by atoms with Crippen molar-refractivity contribution in [2.75, 3.05) is 23.8 Å². The molecule has 0 aliphatic heterocycles. The number of fused-ring (bicyclic) bond motifs is 1. The second-order valence-corrected chi connectivity index (χ2v) is 6.11. The SMILES string of the molecule is CC(C)c1cnn2c(NCc3ccccc3F)cc(NCCO)nc12. The highest BCUT2D eigenvalue weighted by Crippen LogP contribution is 2.24. The topological polar surface area (TPSA) is 74.5 Å². The molecule has 2 heterocycles. The fourth-order valence-electron chi connectivity index (χ4n) is 2.62. The number of hydrogen-bond donors (Lipinski definition) is 3. The van der Waals surface area contributed by atoms with Gasteiger partial charge in [0.1, 0.15) is 17.5 Å². The molecule has 0 fully saturated rings. The molecule has 0 saturated heterocycles. The van der Waals surface area contributed by atoms with Crippen LogP contribution in [0.2, 0.25) is 0 Å². The van der Waals surface area contributed by atoms with Crippen LogP contribution in [0.4, 0.5) is 16.0 Å². The summed E-state index contributed by atoms with van der Waals surface area (Å²) in [5.41, 5.74) is 2.35.